The second-order valence-corrected chi connectivity index (χ2v) is 7.30. The van der Waals surface area contributed by atoms with Crippen molar-refractivity contribution in [3.8, 4) is 11.4 Å². The Kier molecular flexibility index (Phi) is 5.39. The van der Waals surface area contributed by atoms with Gasteiger partial charge in [0.15, 0.2) is 0 Å². The van der Waals surface area contributed by atoms with Gasteiger partial charge >= 0.3 is 23.7 Å². The van der Waals surface area contributed by atoms with Crippen molar-refractivity contribution >= 4 is 17.2 Å². The normalized spacial score (nSPS) is 11.6. The molecule has 34 heavy (non-hydrogen) atoms. The summed E-state index contributed by atoms with van der Waals surface area (Å²) in [5.74, 6) is -0.737. The maximum absolute atomic E-state index is 13.3. The lowest BCUT2D eigenvalue weighted by molar-refractivity contribution is -0.138. The Hall–Kier alpha value is -4.55. The Bertz CT molecular complexity index is 1610. The number of H-pyrrole nitrogens is 2. The molecule has 0 unspecified atom stereocenters. The molecule has 3 N–H and O–H groups in total. The SMILES string of the molecule is Cc1c(Cn2c(=O)c(OC(=O)O)cn(-c3ccc4[nH]c(=O)[nH]c4c3)c2=O)cccc1C(F)(F)F. The lowest BCUT2D eigenvalue weighted by atomic mass is 10.0. The molecule has 176 valence electrons. The Morgan fingerprint density at radius 3 is 2.47 bits per heavy atom. The van der Waals surface area contributed by atoms with Crippen LogP contribution in [0.25, 0.3) is 16.7 Å². The molecule has 0 fully saturated rings. The fraction of sp³-hybridized carbons (Fsp3) is 0.143. The van der Waals surface area contributed by atoms with Crippen LogP contribution < -0.4 is 21.7 Å². The van der Waals surface area contributed by atoms with Gasteiger partial charge < -0.3 is 19.8 Å². The number of hydrogen-bond acceptors (Lipinski definition) is 5. The van der Waals surface area contributed by atoms with Gasteiger partial charge in [0.1, 0.15) is 0 Å². The van der Waals surface area contributed by atoms with Crippen LogP contribution in [-0.4, -0.2) is 30.4 Å². The van der Waals surface area contributed by atoms with Crippen molar-refractivity contribution in [2.45, 2.75) is 19.6 Å². The van der Waals surface area contributed by atoms with Gasteiger partial charge in [0.2, 0.25) is 5.75 Å². The highest BCUT2D eigenvalue weighted by molar-refractivity contribution is 5.76. The molecule has 2 aromatic heterocycles. The van der Waals surface area contributed by atoms with Gasteiger partial charge in [-0.3, -0.25) is 13.9 Å². The van der Waals surface area contributed by atoms with Crippen molar-refractivity contribution < 1.29 is 27.8 Å². The summed E-state index contributed by atoms with van der Waals surface area (Å²) in [6.45, 7) is 0.628. The molecule has 0 saturated carbocycles. The standard InChI is InChI=1S/C21H15F3N4O6/c1-10-11(3-2-4-13(10)21(22,23)24)8-28-17(29)16(34-20(32)33)9-27(19(28)31)12-5-6-14-15(7-12)26-18(30)25-14/h2-7,9H,8H2,1H3,(H,32,33)(H2,25,26,30). The molecule has 2 aromatic carbocycles. The van der Waals surface area contributed by atoms with E-state index in [1.165, 1.54) is 31.2 Å². The largest absolute Gasteiger partial charge is 0.511 e. The smallest absolute Gasteiger partial charge is 0.449 e. The average Bonchev–Trinajstić information content (AvgIpc) is 3.12. The van der Waals surface area contributed by atoms with Gasteiger partial charge in [0.25, 0.3) is 5.56 Å². The lowest BCUT2D eigenvalue weighted by Gasteiger charge is -2.16. The van der Waals surface area contributed by atoms with E-state index in [0.717, 1.165) is 22.9 Å². The molecule has 0 saturated heterocycles. The number of aromatic nitrogens is 4. The van der Waals surface area contributed by atoms with E-state index in [9.17, 15) is 32.3 Å². The number of ether oxygens (including phenoxy) is 1. The molecule has 4 rings (SSSR count). The predicted molar refractivity (Wildman–Crippen MR) is 113 cm³/mol. The van der Waals surface area contributed by atoms with E-state index >= 15 is 0 Å². The van der Waals surface area contributed by atoms with E-state index < -0.39 is 47.1 Å². The van der Waals surface area contributed by atoms with Gasteiger partial charge in [-0.1, -0.05) is 12.1 Å². The highest BCUT2D eigenvalue weighted by atomic mass is 19.4. The van der Waals surface area contributed by atoms with Crippen LogP contribution in [0.5, 0.6) is 5.75 Å². The molecule has 0 aliphatic heterocycles. The van der Waals surface area contributed by atoms with Crippen molar-refractivity contribution in [2.24, 2.45) is 0 Å². The lowest BCUT2D eigenvalue weighted by Crippen LogP contribution is -2.40. The minimum atomic E-state index is -4.65. The Balaban J connectivity index is 1.92. The number of rotatable bonds is 4. The number of imidazole rings is 1. The van der Waals surface area contributed by atoms with Gasteiger partial charge in [-0.2, -0.15) is 13.2 Å². The molecule has 10 nitrogen and oxygen atoms in total. The van der Waals surface area contributed by atoms with Crippen LogP contribution in [0.1, 0.15) is 16.7 Å². The summed E-state index contributed by atoms with van der Waals surface area (Å²) in [7, 11) is 0. The fourth-order valence-corrected chi connectivity index (χ4v) is 3.57. The topological polar surface area (TPSA) is 139 Å². The van der Waals surface area contributed by atoms with Crippen LogP contribution in [0.4, 0.5) is 18.0 Å². The summed E-state index contributed by atoms with van der Waals surface area (Å²) < 4.78 is 45.9. The number of nitrogens with zero attached hydrogens (tertiary/aromatic N) is 2. The number of fused-ring (bicyclic) bond motifs is 1. The first-order chi connectivity index (χ1) is 16.0. The highest BCUT2D eigenvalue weighted by Crippen LogP contribution is 2.33. The number of halogens is 3. The van der Waals surface area contributed by atoms with Gasteiger partial charge in [-0.05, 0) is 42.3 Å². The molecule has 0 aliphatic carbocycles. The third-order valence-corrected chi connectivity index (χ3v) is 5.19. The van der Waals surface area contributed by atoms with Crippen molar-refractivity contribution in [1.82, 2.24) is 19.1 Å². The van der Waals surface area contributed by atoms with Crippen LogP contribution in [0.3, 0.4) is 0 Å². The quantitative estimate of drug-likeness (QED) is 0.387. The zero-order valence-electron chi connectivity index (χ0n) is 17.3. The zero-order valence-corrected chi connectivity index (χ0v) is 17.3. The highest BCUT2D eigenvalue weighted by Gasteiger charge is 2.33. The average molecular weight is 476 g/mol. The maximum Gasteiger partial charge on any atom is 0.511 e. The number of nitrogens with one attached hydrogen (secondary N) is 2. The monoisotopic (exact) mass is 476 g/mol. The van der Waals surface area contributed by atoms with Crippen LogP contribution in [0.2, 0.25) is 0 Å². The summed E-state index contributed by atoms with van der Waals surface area (Å²) >= 11 is 0. The Morgan fingerprint density at radius 2 is 1.79 bits per heavy atom. The fourth-order valence-electron chi connectivity index (χ4n) is 3.57. The predicted octanol–water partition coefficient (Wildman–Crippen LogP) is 2.60. The van der Waals surface area contributed by atoms with E-state index in [2.05, 4.69) is 14.7 Å². The minimum absolute atomic E-state index is 0.0264. The van der Waals surface area contributed by atoms with Crippen molar-refractivity contribution in [3.05, 3.63) is 90.6 Å². The van der Waals surface area contributed by atoms with Crippen LogP contribution >= 0.6 is 0 Å². The minimum Gasteiger partial charge on any atom is -0.449 e. The zero-order chi connectivity index (χ0) is 24.8. The van der Waals surface area contributed by atoms with Crippen molar-refractivity contribution in [1.29, 1.82) is 0 Å². The van der Waals surface area contributed by atoms with Gasteiger partial charge in [-0.25, -0.2) is 14.4 Å². The first-order valence-corrected chi connectivity index (χ1v) is 9.61. The maximum atomic E-state index is 13.3. The molecular weight excluding hydrogens is 461 g/mol. The van der Waals surface area contributed by atoms with Gasteiger partial charge in [-0.15, -0.1) is 0 Å². The molecular formula is C21H15F3N4O6. The van der Waals surface area contributed by atoms with Crippen molar-refractivity contribution in [3.63, 3.8) is 0 Å². The third kappa shape index (κ3) is 4.10. The summed E-state index contributed by atoms with van der Waals surface area (Å²) in [5, 5.41) is 8.99. The second-order valence-electron chi connectivity index (χ2n) is 7.30. The van der Waals surface area contributed by atoms with Crippen molar-refractivity contribution in [2.75, 3.05) is 0 Å². The number of benzene rings is 2. The van der Waals surface area contributed by atoms with Crippen LogP contribution in [-0.2, 0) is 12.7 Å². The van der Waals surface area contributed by atoms with Gasteiger partial charge in [0.05, 0.1) is 35.0 Å². The Morgan fingerprint density at radius 1 is 1.09 bits per heavy atom. The number of alkyl halides is 3. The summed E-state index contributed by atoms with van der Waals surface area (Å²) in [6.07, 6.45) is -5.61. The number of aromatic amines is 2. The molecule has 0 amide bonds. The Labute approximate surface area is 186 Å². The summed E-state index contributed by atoms with van der Waals surface area (Å²) in [5.41, 5.74) is -2.82. The molecule has 0 radical (unpaired) electrons. The van der Waals surface area contributed by atoms with Crippen LogP contribution in [0, 0.1) is 6.92 Å². The molecule has 0 atom stereocenters. The summed E-state index contributed by atoms with van der Waals surface area (Å²) in [4.78, 5) is 53.6. The van der Waals surface area contributed by atoms with E-state index in [0.29, 0.717) is 15.6 Å². The third-order valence-electron chi connectivity index (χ3n) is 5.19. The molecule has 13 heteroatoms. The van der Waals surface area contributed by atoms with Crippen LogP contribution in [0.15, 0.2) is 57.0 Å². The molecule has 4 aromatic rings. The molecule has 2 heterocycles. The van der Waals surface area contributed by atoms with E-state index in [4.69, 9.17) is 5.11 Å². The van der Waals surface area contributed by atoms with E-state index in [-0.39, 0.29) is 16.8 Å². The second kappa shape index (κ2) is 8.10. The first kappa shape index (κ1) is 22.6. The number of carboxylic acid groups (broad SMARTS) is 1. The van der Waals surface area contributed by atoms with E-state index in [1.807, 2.05) is 0 Å². The molecule has 0 bridgehead atoms. The van der Waals surface area contributed by atoms with Gasteiger partial charge in [0, 0.05) is 0 Å². The first-order valence-electron chi connectivity index (χ1n) is 9.61. The number of carbonyl (C=O) groups is 1. The summed E-state index contributed by atoms with van der Waals surface area (Å²) in [6, 6.07) is 7.62. The number of hydrogen-bond donors (Lipinski definition) is 3. The van der Waals surface area contributed by atoms with E-state index in [1.54, 1.807) is 0 Å². The molecule has 0 aliphatic rings. The molecule has 0 spiro atoms.